The minimum absolute atomic E-state index is 0.00772. The number of piperazine rings is 1. The molecule has 0 bridgehead atoms. The van der Waals surface area contributed by atoms with Gasteiger partial charge in [0, 0.05) is 38.2 Å². The molecule has 8 heteroatoms. The van der Waals surface area contributed by atoms with E-state index in [1.807, 2.05) is 35.2 Å². The summed E-state index contributed by atoms with van der Waals surface area (Å²) in [4.78, 5) is 43.7. The number of benzene rings is 1. The summed E-state index contributed by atoms with van der Waals surface area (Å²) in [6.45, 7) is 4.91. The van der Waals surface area contributed by atoms with E-state index >= 15 is 0 Å². The van der Waals surface area contributed by atoms with Crippen molar-refractivity contribution in [3.63, 3.8) is 0 Å². The average molecular weight is 513 g/mol. The Kier molecular flexibility index (Phi) is 9.24. The number of carbonyl (C=O) groups is 3. The molecule has 8 nitrogen and oxygen atoms in total. The van der Waals surface area contributed by atoms with Crippen LogP contribution < -0.4 is 10.6 Å². The van der Waals surface area contributed by atoms with E-state index < -0.39 is 17.2 Å². The number of hydrogen-bond acceptors (Lipinski definition) is 5. The highest BCUT2D eigenvalue weighted by Crippen LogP contribution is 2.37. The zero-order valence-corrected chi connectivity index (χ0v) is 22.3. The second-order valence-electron chi connectivity index (χ2n) is 11.2. The fourth-order valence-electron chi connectivity index (χ4n) is 6.30. The first-order valence-electron chi connectivity index (χ1n) is 14.3. The number of unbranched alkanes of at least 4 members (excludes halogenated alkanes) is 1. The molecule has 3 fully saturated rings. The van der Waals surface area contributed by atoms with Crippen LogP contribution in [0.5, 0.6) is 0 Å². The molecule has 204 valence electrons. The van der Waals surface area contributed by atoms with Gasteiger partial charge in [-0.15, -0.1) is 0 Å². The van der Waals surface area contributed by atoms with Gasteiger partial charge in [0.15, 0.2) is 0 Å². The lowest BCUT2D eigenvalue weighted by molar-refractivity contribution is -0.163. The standard InChI is InChI=1S/C29H44N4O4/c1-2-3-19-33-26(35)24(22-28(37)14-8-5-9-15-28)31-27(36)29(33)16-20-32(21-17-29)18-10-13-25(34)30-23-11-6-4-7-12-23/h4,6-7,11-12,24,37H,2-3,5,8-10,13-22H2,1H3,(H,30,34)(H,31,36)/t24-/m1/s1. The van der Waals surface area contributed by atoms with Crippen LogP contribution in [0.3, 0.4) is 0 Å². The second kappa shape index (κ2) is 12.4. The van der Waals surface area contributed by atoms with Crippen LogP contribution in [-0.2, 0) is 14.4 Å². The van der Waals surface area contributed by atoms with Gasteiger partial charge in [0.2, 0.25) is 17.7 Å². The lowest BCUT2D eigenvalue weighted by Crippen LogP contribution is -2.73. The molecule has 1 spiro atoms. The Bertz CT molecular complexity index is 923. The number of aliphatic hydroxyl groups is 1. The molecule has 3 N–H and O–H groups in total. The zero-order valence-electron chi connectivity index (χ0n) is 22.3. The number of hydrogen-bond donors (Lipinski definition) is 3. The molecule has 1 aliphatic carbocycles. The van der Waals surface area contributed by atoms with Crippen LogP contribution >= 0.6 is 0 Å². The molecule has 1 atom stereocenters. The molecular formula is C29H44N4O4. The van der Waals surface area contributed by atoms with Gasteiger partial charge in [0.1, 0.15) is 11.6 Å². The van der Waals surface area contributed by atoms with Crippen molar-refractivity contribution >= 4 is 23.4 Å². The maximum atomic E-state index is 13.7. The van der Waals surface area contributed by atoms with E-state index in [-0.39, 0.29) is 17.7 Å². The van der Waals surface area contributed by atoms with Crippen LogP contribution in [0.15, 0.2) is 30.3 Å². The van der Waals surface area contributed by atoms with E-state index in [0.29, 0.717) is 45.1 Å². The highest BCUT2D eigenvalue weighted by molar-refractivity contribution is 6.00. The Morgan fingerprint density at radius 3 is 2.41 bits per heavy atom. The number of piperidine rings is 1. The molecule has 2 saturated heterocycles. The van der Waals surface area contributed by atoms with E-state index in [1.165, 1.54) is 0 Å². The van der Waals surface area contributed by atoms with E-state index in [2.05, 4.69) is 22.5 Å². The zero-order chi connectivity index (χ0) is 26.3. The number of likely N-dealkylation sites (tertiary alicyclic amines) is 1. The summed E-state index contributed by atoms with van der Waals surface area (Å²) in [5.41, 5.74) is -0.858. The maximum Gasteiger partial charge on any atom is 0.246 e. The predicted octanol–water partition coefficient (Wildman–Crippen LogP) is 3.45. The van der Waals surface area contributed by atoms with Gasteiger partial charge in [-0.2, -0.15) is 0 Å². The third kappa shape index (κ3) is 6.71. The fourth-order valence-corrected chi connectivity index (χ4v) is 6.30. The minimum atomic E-state index is -0.858. The molecule has 1 aromatic rings. The highest BCUT2D eigenvalue weighted by atomic mass is 16.3. The van der Waals surface area contributed by atoms with E-state index in [1.54, 1.807) is 0 Å². The Balaban J connectivity index is 1.32. The van der Waals surface area contributed by atoms with Gasteiger partial charge in [-0.1, -0.05) is 50.8 Å². The Morgan fingerprint density at radius 2 is 1.73 bits per heavy atom. The van der Waals surface area contributed by atoms with Crippen LogP contribution in [0.4, 0.5) is 5.69 Å². The monoisotopic (exact) mass is 512 g/mol. The van der Waals surface area contributed by atoms with Gasteiger partial charge in [-0.05, 0) is 57.2 Å². The van der Waals surface area contributed by atoms with Crippen molar-refractivity contribution < 1.29 is 19.5 Å². The maximum absolute atomic E-state index is 13.7. The van der Waals surface area contributed by atoms with Crippen molar-refractivity contribution in [3.8, 4) is 0 Å². The first-order valence-corrected chi connectivity index (χ1v) is 14.3. The number of nitrogens with one attached hydrogen (secondary N) is 2. The summed E-state index contributed by atoms with van der Waals surface area (Å²) >= 11 is 0. The average Bonchev–Trinajstić information content (AvgIpc) is 2.89. The molecule has 1 saturated carbocycles. The molecule has 3 aliphatic rings. The fraction of sp³-hybridized carbons (Fsp3) is 0.690. The van der Waals surface area contributed by atoms with E-state index in [0.717, 1.165) is 63.8 Å². The summed E-state index contributed by atoms with van der Waals surface area (Å²) in [6, 6.07) is 8.83. The van der Waals surface area contributed by atoms with Crippen molar-refractivity contribution in [1.29, 1.82) is 0 Å². The first kappa shape index (κ1) is 27.6. The van der Waals surface area contributed by atoms with Crippen LogP contribution in [0.1, 0.15) is 84.0 Å². The van der Waals surface area contributed by atoms with Gasteiger partial charge in [0.25, 0.3) is 0 Å². The summed E-state index contributed by atoms with van der Waals surface area (Å²) in [5.74, 6) is -0.0825. The summed E-state index contributed by atoms with van der Waals surface area (Å²) in [5, 5.41) is 17.0. The smallest absolute Gasteiger partial charge is 0.246 e. The molecule has 3 amide bonds. The number of anilines is 1. The lowest BCUT2D eigenvalue weighted by Gasteiger charge is -2.52. The first-order chi connectivity index (χ1) is 17.8. The molecule has 0 radical (unpaired) electrons. The second-order valence-corrected chi connectivity index (χ2v) is 11.2. The van der Waals surface area contributed by atoms with Crippen molar-refractivity contribution in [2.24, 2.45) is 0 Å². The third-order valence-corrected chi connectivity index (χ3v) is 8.53. The van der Waals surface area contributed by atoms with Gasteiger partial charge in [0.05, 0.1) is 5.60 Å². The van der Waals surface area contributed by atoms with Gasteiger partial charge >= 0.3 is 0 Å². The van der Waals surface area contributed by atoms with E-state index in [4.69, 9.17) is 0 Å². The van der Waals surface area contributed by atoms with Crippen LogP contribution in [0, 0.1) is 0 Å². The van der Waals surface area contributed by atoms with E-state index in [9.17, 15) is 19.5 Å². The number of carbonyl (C=O) groups excluding carboxylic acids is 3. The minimum Gasteiger partial charge on any atom is -0.390 e. The Morgan fingerprint density at radius 1 is 1.03 bits per heavy atom. The van der Waals surface area contributed by atoms with Crippen LogP contribution in [0.2, 0.25) is 0 Å². The largest absolute Gasteiger partial charge is 0.390 e. The number of rotatable bonds is 10. The number of para-hydroxylation sites is 1. The quantitative estimate of drug-likeness (QED) is 0.446. The Hall–Kier alpha value is -2.45. The number of nitrogens with zero attached hydrogens (tertiary/aromatic N) is 2. The van der Waals surface area contributed by atoms with Gasteiger partial charge < -0.3 is 25.5 Å². The molecule has 37 heavy (non-hydrogen) atoms. The Labute approximate surface area is 221 Å². The van der Waals surface area contributed by atoms with Crippen molar-refractivity contribution in [1.82, 2.24) is 15.1 Å². The van der Waals surface area contributed by atoms with Crippen molar-refractivity contribution in [2.75, 3.05) is 31.5 Å². The molecule has 4 rings (SSSR count). The van der Waals surface area contributed by atoms with Crippen LogP contribution in [-0.4, -0.2) is 76.0 Å². The molecule has 1 aromatic carbocycles. The summed E-state index contributed by atoms with van der Waals surface area (Å²) in [7, 11) is 0. The molecule has 2 heterocycles. The van der Waals surface area contributed by atoms with Gasteiger partial charge in [-0.25, -0.2) is 0 Å². The normalized spacial score (nSPS) is 23.6. The third-order valence-electron chi connectivity index (χ3n) is 8.53. The highest BCUT2D eigenvalue weighted by Gasteiger charge is 2.54. The topological polar surface area (TPSA) is 102 Å². The summed E-state index contributed by atoms with van der Waals surface area (Å²) < 4.78 is 0. The van der Waals surface area contributed by atoms with Crippen LogP contribution in [0.25, 0.3) is 0 Å². The SMILES string of the molecule is CCCCN1C(=O)[C@@H](CC2(O)CCCCC2)NC(=O)C12CCN(CCCC(=O)Nc1ccccc1)CC2. The van der Waals surface area contributed by atoms with Crippen molar-refractivity contribution in [2.45, 2.75) is 101 Å². The van der Waals surface area contributed by atoms with Crippen molar-refractivity contribution in [3.05, 3.63) is 30.3 Å². The number of amides is 3. The molecule has 0 unspecified atom stereocenters. The molecule has 0 aromatic heterocycles. The molecule has 2 aliphatic heterocycles. The predicted molar refractivity (Wildman–Crippen MR) is 144 cm³/mol. The summed E-state index contributed by atoms with van der Waals surface area (Å²) in [6.07, 6.45) is 8.97. The van der Waals surface area contributed by atoms with Gasteiger partial charge in [-0.3, -0.25) is 14.4 Å². The lowest BCUT2D eigenvalue weighted by atomic mass is 9.77. The molecular weight excluding hydrogens is 468 g/mol.